The Balaban J connectivity index is 2.41. The molecule has 1 aromatic rings. The average molecular weight is 345 g/mol. The number of Topliss-reactive ketones (excluding diaryl/α,β-unsaturated/α-hetero) is 1. The van der Waals surface area contributed by atoms with Crippen LogP contribution in [-0.4, -0.2) is 50.2 Å². The smallest absolute Gasteiger partial charge is 0.203 e. The molecule has 134 valence electrons. The highest BCUT2D eigenvalue weighted by Gasteiger charge is 2.31. The number of carbonyl (C=O) groups excluding carboxylic acids is 1. The number of amidine groups is 2. The number of benzene rings is 1. The molecule has 0 bridgehead atoms. The van der Waals surface area contributed by atoms with Crippen LogP contribution in [0.1, 0.15) is 19.4 Å². The third-order valence-electron chi connectivity index (χ3n) is 3.84. The van der Waals surface area contributed by atoms with Gasteiger partial charge in [0.2, 0.25) is 5.75 Å². The summed E-state index contributed by atoms with van der Waals surface area (Å²) in [6.07, 6.45) is 1.74. The molecule has 7 heteroatoms. The molecular weight excluding hydrogens is 322 g/mol. The predicted molar refractivity (Wildman–Crippen MR) is 96.1 cm³/mol. The van der Waals surface area contributed by atoms with Gasteiger partial charge in [0, 0.05) is 6.54 Å². The molecule has 0 aromatic heterocycles. The number of aliphatic imine (C=N–C) groups is 1. The lowest BCUT2D eigenvalue weighted by Crippen LogP contribution is -2.26. The zero-order valence-electron chi connectivity index (χ0n) is 15.2. The number of hydrogen-bond acceptors (Lipinski definition) is 5. The molecule has 1 aliphatic heterocycles. The number of allylic oxidation sites excluding steroid dienone is 1. The summed E-state index contributed by atoms with van der Waals surface area (Å²) in [4.78, 5) is 18.3. The molecule has 1 fully saturated rings. The van der Waals surface area contributed by atoms with E-state index < -0.39 is 0 Å². The van der Waals surface area contributed by atoms with Gasteiger partial charge in [0.05, 0.1) is 33.4 Å². The van der Waals surface area contributed by atoms with E-state index in [1.165, 1.54) is 0 Å². The van der Waals surface area contributed by atoms with E-state index in [1.54, 1.807) is 41.3 Å². The number of likely N-dealkylation sites (tertiary alicyclic amines) is 1. The molecule has 7 nitrogen and oxygen atoms in total. The summed E-state index contributed by atoms with van der Waals surface area (Å²) < 4.78 is 16.1. The normalized spacial score (nSPS) is 17.3. The van der Waals surface area contributed by atoms with Crippen LogP contribution in [0.3, 0.4) is 0 Å². The number of nitrogens with one attached hydrogen (secondary N) is 1. The second kappa shape index (κ2) is 7.83. The van der Waals surface area contributed by atoms with Gasteiger partial charge >= 0.3 is 0 Å². The molecule has 1 aromatic carbocycles. The minimum Gasteiger partial charge on any atom is -0.493 e. The first-order valence-corrected chi connectivity index (χ1v) is 7.82. The molecule has 0 unspecified atom stereocenters. The van der Waals surface area contributed by atoms with Gasteiger partial charge in [-0.3, -0.25) is 10.2 Å². The van der Waals surface area contributed by atoms with Gasteiger partial charge in [-0.15, -0.1) is 0 Å². The molecule has 0 aliphatic carbocycles. The van der Waals surface area contributed by atoms with E-state index in [4.69, 9.17) is 19.6 Å². The van der Waals surface area contributed by atoms with Gasteiger partial charge in [0.25, 0.3) is 0 Å². The molecule has 0 amide bonds. The van der Waals surface area contributed by atoms with Crippen molar-refractivity contribution in [3.8, 4) is 17.2 Å². The first-order chi connectivity index (χ1) is 11.9. The van der Waals surface area contributed by atoms with Crippen molar-refractivity contribution in [1.29, 1.82) is 5.41 Å². The monoisotopic (exact) mass is 345 g/mol. The van der Waals surface area contributed by atoms with E-state index in [-0.39, 0.29) is 18.2 Å². The molecule has 1 heterocycles. The summed E-state index contributed by atoms with van der Waals surface area (Å²) in [5.74, 6) is 2.29. The number of hydrogen-bond donors (Lipinski definition) is 1. The average Bonchev–Trinajstić information content (AvgIpc) is 2.87. The number of methoxy groups -OCH3 is 3. The van der Waals surface area contributed by atoms with Gasteiger partial charge in [0.1, 0.15) is 11.7 Å². The van der Waals surface area contributed by atoms with Crippen LogP contribution < -0.4 is 14.2 Å². The SMILES string of the molecule is C/C=C1\C(=O)CN(Cc2cc(OC)c(OC)c(OC)c2)C1=NC(C)=N. The maximum atomic E-state index is 12.2. The van der Waals surface area contributed by atoms with Crippen LogP contribution >= 0.6 is 0 Å². The van der Waals surface area contributed by atoms with Gasteiger partial charge in [-0.1, -0.05) is 6.08 Å². The van der Waals surface area contributed by atoms with Gasteiger partial charge in [-0.25, -0.2) is 4.99 Å². The van der Waals surface area contributed by atoms with E-state index in [2.05, 4.69) is 4.99 Å². The molecule has 1 aliphatic rings. The van der Waals surface area contributed by atoms with Gasteiger partial charge in [-0.2, -0.15) is 0 Å². The third-order valence-corrected chi connectivity index (χ3v) is 3.84. The molecule has 0 spiro atoms. The molecule has 1 N–H and O–H groups in total. The fourth-order valence-corrected chi connectivity index (χ4v) is 2.79. The molecule has 0 saturated carbocycles. The van der Waals surface area contributed by atoms with Crippen molar-refractivity contribution in [2.24, 2.45) is 4.99 Å². The van der Waals surface area contributed by atoms with Crippen LogP contribution in [0.5, 0.6) is 17.2 Å². The second-order valence-electron chi connectivity index (χ2n) is 5.54. The first kappa shape index (κ1) is 18.5. The summed E-state index contributed by atoms with van der Waals surface area (Å²) in [5.41, 5.74) is 1.43. The highest BCUT2D eigenvalue weighted by molar-refractivity contribution is 6.28. The topological polar surface area (TPSA) is 84.2 Å². The van der Waals surface area contributed by atoms with E-state index in [9.17, 15) is 4.79 Å². The van der Waals surface area contributed by atoms with Gasteiger partial charge < -0.3 is 19.1 Å². The lowest BCUT2D eigenvalue weighted by molar-refractivity contribution is -0.114. The van der Waals surface area contributed by atoms with Crippen LogP contribution in [0.15, 0.2) is 28.8 Å². The van der Waals surface area contributed by atoms with Crippen LogP contribution in [0.4, 0.5) is 0 Å². The van der Waals surface area contributed by atoms with Crippen LogP contribution in [0, 0.1) is 5.41 Å². The lowest BCUT2D eigenvalue weighted by atomic mass is 10.1. The summed E-state index contributed by atoms with van der Waals surface area (Å²) in [6, 6.07) is 3.68. The van der Waals surface area contributed by atoms with E-state index in [1.807, 2.05) is 17.0 Å². The Morgan fingerprint density at radius 1 is 1.24 bits per heavy atom. The predicted octanol–water partition coefficient (Wildman–Crippen LogP) is 2.44. The molecular formula is C18H23N3O4. The largest absolute Gasteiger partial charge is 0.493 e. The fourth-order valence-electron chi connectivity index (χ4n) is 2.79. The molecule has 1 saturated heterocycles. The summed E-state index contributed by atoms with van der Waals surface area (Å²) in [7, 11) is 4.67. The molecule has 0 radical (unpaired) electrons. The Morgan fingerprint density at radius 3 is 2.28 bits per heavy atom. The van der Waals surface area contributed by atoms with Crippen LogP contribution in [0.2, 0.25) is 0 Å². The van der Waals surface area contributed by atoms with Gasteiger partial charge in [-0.05, 0) is 31.5 Å². The summed E-state index contributed by atoms with van der Waals surface area (Å²) in [5, 5.41) is 7.63. The zero-order chi connectivity index (χ0) is 18.6. The Labute approximate surface area is 147 Å². The van der Waals surface area contributed by atoms with Crippen molar-refractivity contribution < 1.29 is 19.0 Å². The number of carbonyl (C=O) groups is 1. The van der Waals surface area contributed by atoms with Crippen molar-refractivity contribution >= 4 is 17.5 Å². The number of ether oxygens (including phenoxy) is 3. The summed E-state index contributed by atoms with van der Waals surface area (Å²) >= 11 is 0. The van der Waals surface area contributed by atoms with Crippen molar-refractivity contribution in [2.45, 2.75) is 20.4 Å². The Morgan fingerprint density at radius 2 is 1.84 bits per heavy atom. The van der Waals surface area contributed by atoms with E-state index in [0.29, 0.717) is 35.2 Å². The lowest BCUT2D eigenvalue weighted by Gasteiger charge is -2.20. The first-order valence-electron chi connectivity index (χ1n) is 7.82. The standard InChI is InChI=1S/C18H23N3O4/c1-6-13-14(22)10-21(18(13)20-11(2)19)9-12-7-15(23-3)17(25-5)16(8-12)24-4/h6-8,19H,9-10H2,1-5H3/b13-6+,19-11?,20-18?. The maximum Gasteiger partial charge on any atom is 0.203 e. The van der Waals surface area contributed by atoms with E-state index in [0.717, 1.165) is 5.56 Å². The zero-order valence-corrected chi connectivity index (χ0v) is 15.2. The second-order valence-corrected chi connectivity index (χ2v) is 5.54. The minimum absolute atomic E-state index is 0.00468. The van der Waals surface area contributed by atoms with E-state index >= 15 is 0 Å². The minimum atomic E-state index is -0.00468. The summed E-state index contributed by atoms with van der Waals surface area (Å²) in [6.45, 7) is 4.04. The van der Waals surface area contributed by atoms with Crippen LogP contribution in [-0.2, 0) is 11.3 Å². The Bertz CT molecular complexity index is 728. The number of rotatable bonds is 5. The molecule has 0 atom stereocenters. The quantitative estimate of drug-likeness (QED) is 0.503. The van der Waals surface area contributed by atoms with Crippen molar-refractivity contribution in [1.82, 2.24) is 4.90 Å². The Kier molecular flexibility index (Phi) is 5.80. The van der Waals surface area contributed by atoms with Gasteiger partial charge in [0.15, 0.2) is 17.3 Å². The fraction of sp³-hybridized carbons (Fsp3) is 0.389. The number of nitrogens with zero attached hydrogens (tertiary/aromatic N) is 2. The molecule has 2 rings (SSSR count). The van der Waals surface area contributed by atoms with Crippen molar-refractivity contribution in [3.63, 3.8) is 0 Å². The van der Waals surface area contributed by atoms with Crippen molar-refractivity contribution in [3.05, 3.63) is 29.3 Å². The molecule has 25 heavy (non-hydrogen) atoms. The highest BCUT2D eigenvalue weighted by Crippen LogP contribution is 2.38. The number of ketones is 1. The van der Waals surface area contributed by atoms with Crippen LogP contribution in [0.25, 0.3) is 0 Å². The Hall–Kier alpha value is -2.83. The maximum absolute atomic E-state index is 12.2. The third kappa shape index (κ3) is 3.81. The highest BCUT2D eigenvalue weighted by atomic mass is 16.5. The van der Waals surface area contributed by atoms with Crippen molar-refractivity contribution in [2.75, 3.05) is 27.9 Å².